The minimum Gasteiger partial charge on any atom is -0.466 e. The second-order valence-corrected chi connectivity index (χ2v) is 12.0. The fourth-order valence-corrected chi connectivity index (χ4v) is 5.52. The van der Waals surface area contributed by atoms with Crippen LogP contribution < -0.4 is 0 Å². The van der Waals surface area contributed by atoms with Crippen molar-refractivity contribution >= 4 is 5.97 Å². The lowest BCUT2D eigenvalue weighted by Crippen LogP contribution is -2.21. The molecule has 38 heavy (non-hydrogen) atoms. The Balaban J connectivity index is 3.46. The van der Waals surface area contributed by atoms with E-state index >= 15 is 0 Å². The minimum absolute atomic E-state index is 0.0381. The summed E-state index contributed by atoms with van der Waals surface area (Å²) in [6, 6.07) is 0. The molecule has 0 fully saturated rings. The molecule has 0 aliphatic rings. The topological polar surface area (TPSA) is 29.5 Å². The fourth-order valence-electron chi connectivity index (χ4n) is 5.52. The number of rotatable bonds is 30. The Hall–Kier alpha value is -0.830. The number of allylic oxidation sites excluding steroid dienone is 2. The predicted octanol–water partition coefficient (Wildman–Crippen LogP) is 11.1. The third kappa shape index (κ3) is 29.7. The summed E-state index contributed by atoms with van der Waals surface area (Å²) in [5.74, 6) is 0.875. The van der Waals surface area contributed by atoms with E-state index in [2.05, 4.69) is 38.1 Å². The highest BCUT2D eigenvalue weighted by atomic mass is 16.5. The Labute approximate surface area is 239 Å². The van der Waals surface area contributed by atoms with Crippen LogP contribution in [0.2, 0.25) is 0 Å². The number of esters is 1. The van der Waals surface area contributed by atoms with Crippen molar-refractivity contribution in [1.29, 1.82) is 0 Å². The zero-order valence-electron chi connectivity index (χ0n) is 26.6. The van der Waals surface area contributed by atoms with Gasteiger partial charge in [0, 0.05) is 13.0 Å². The van der Waals surface area contributed by atoms with E-state index in [1.54, 1.807) is 0 Å². The lowest BCUT2D eigenvalue weighted by Gasteiger charge is -2.21. The van der Waals surface area contributed by atoms with Crippen LogP contribution in [0.1, 0.15) is 174 Å². The summed E-state index contributed by atoms with van der Waals surface area (Å²) < 4.78 is 4.96. The van der Waals surface area contributed by atoms with Crippen molar-refractivity contribution in [2.75, 3.05) is 27.2 Å². The van der Waals surface area contributed by atoms with Crippen LogP contribution in [-0.4, -0.2) is 38.1 Å². The smallest absolute Gasteiger partial charge is 0.305 e. The van der Waals surface area contributed by atoms with Gasteiger partial charge in [-0.1, -0.05) is 128 Å². The highest BCUT2D eigenvalue weighted by Crippen LogP contribution is 2.20. The molecule has 0 bridgehead atoms. The first-order valence-electron chi connectivity index (χ1n) is 17.0. The molecular weight excluding hydrogens is 466 g/mol. The zero-order chi connectivity index (χ0) is 27.9. The lowest BCUT2D eigenvalue weighted by molar-refractivity contribution is -0.143. The molecule has 0 saturated heterocycles. The first kappa shape index (κ1) is 37.2. The third-order valence-electron chi connectivity index (χ3n) is 7.80. The van der Waals surface area contributed by atoms with Crippen molar-refractivity contribution in [3.05, 3.63) is 12.2 Å². The molecular formula is C35H69NO2. The third-order valence-corrected chi connectivity index (χ3v) is 7.80. The molecule has 3 heteroatoms. The molecule has 0 amide bonds. The molecule has 226 valence electrons. The number of hydrogen-bond acceptors (Lipinski definition) is 3. The molecule has 0 aliphatic heterocycles. The summed E-state index contributed by atoms with van der Waals surface area (Å²) in [6.07, 6.45) is 38.0. The van der Waals surface area contributed by atoms with Gasteiger partial charge in [0.2, 0.25) is 0 Å². The monoisotopic (exact) mass is 536 g/mol. The van der Waals surface area contributed by atoms with Crippen LogP contribution in [0.4, 0.5) is 0 Å². The quantitative estimate of drug-likeness (QED) is 0.0520. The van der Waals surface area contributed by atoms with Gasteiger partial charge in [-0.2, -0.15) is 0 Å². The van der Waals surface area contributed by atoms with Crippen molar-refractivity contribution in [2.24, 2.45) is 5.92 Å². The van der Waals surface area contributed by atoms with Gasteiger partial charge in [-0.05, 0) is 71.9 Å². The van der Waals surface area contributed by atoms with Crippen LogP contribution in [0.3, 0.4) is 0 Å². The Morgan fingerprint density at radius 2 is 1.03 bits per heavy atom. The number of nitrogens with zero attached hydrogens (tertiary/aromatic N) is 1. The molecule has 0 aromatic rings. The van der Waals surface area contributed by atoms with Crippen molar-refractivity contribution in [3.8, 4) is 0 Å². The van der Waals surface area contributed by atoms with Gasteiger partial charge in [-0.15, -0.1) is 0 Å². The summed E-state index contributed by atoms with van der Waals surface area (Å²) in [6.45, 7) is 5.96. The maximum atomic E-state index is 11.3. The van der Waals surface area contributed by atoms with E-state index in [-0.39, 0.29) is 5.97 Å². The predicted molar refractivity (Wildman–Crippen MR) is 169 cm³/mol. The molecule has 0 aliphatic carbocycles. The molecule has 0 radical (unpaired) electrons. The Morgan fingerprint density at radius 1 is 0.605 bits per heavy atom. The first-order valence-corrected chi connectivity index (χ1v) is 17.0. The van der Waals surface area contributed by atoms with Gasteiger partial charge in [-0.3, -0.25) is 4.79 Å². The average molecular weight is 536 g/mol. The summed E-state index contributed by atoms with van der Waals surface area (Å²) in [7, 11) is 4.49. The van der Waals surface area contributed by atoms with E-state index in [0.717, 1.165) is 18.8 Å². The molecule has 1 atom stereocenters. The van der Waals surface area contributed by atoms with E-state index in [0.29, 0.717) is 13.0 Å². The summed E-state index contributed by atoms with van der Waals surface area (Å²) in [5.41, 5.74) is 0. The van der Waals surface area contributed by atoms with Gasteiger partial charge in [0.15, 0.2) is 0 Å². The summed E-state index contributed by atoms with van der Waals surface area (Å²) >= 11 is 0. The highest BCUT2D eigenvalue weighted by Gasteiger charge is 2.09. The van der Waals surface area contributed by atoms with Gasteiger partial charge in [0.05, 0.1) is 6.61 Å². The van der Waals surface area contributed by atoms with E-state index in [9.17, 15) is 4.79 Å². The highest BCUT2D eigenvalue weighted by molar-refractivity contribution is 5.69. The molecule has 0 aromatic heterocycles. The van der Waals surface area contributed by atoms with Crippen LogP contribution >= 0.6 is 0 Å². The minimum atomic E-state index is -0.0381. The van der Waals surface area contributed by atoms with Crippen LogP contribution in [0.25, 0.3) is 0 Å². The van der Waals surface area contributed by atoms with Crippen LogP contribution in [0.15, 0.2) is 12.2 Å². The second kappa shape index (κ2) is 30.7. The maximum Gasteiger partial charge on any atom is 0.305 e. The van der Waals surface area contributed by atoms with Crippen LogP contribution in [0.5, 0.6) is 0 Å². The molecule has 0 N–H and O–H groups in total. The number of unbranched alkanes of at least 4 members (excludes halogenated alkanes) is 19. The van der Waals surface area contributed by atoms with Gasteiger partial charge in [0.1, 0.15) is 0 Å². The molecule has 0 aromatic carbocycles. The number of carbonyl (C=O) groups is 1. The molecule has 0 spiro atoms. The van der Waals surface area contributed by atoms with E-state index in [1.165, 1.54) is 148 Å². The van der Waals surface area contributed by atoms with Crippen molar-refractivity contribution < 1.29 is 9.53 Å². The van der Waals surface area contributed by atoms with Gasteiger partial charge in [0.25, 0.3) is 0 Å². The standard InChI is InChI=1S/C35H69NO2/c1-5-7-8-9-21-24-27-30-34(33-36(3)4)31-28-25-22-19-17-15-13-11-10-12-14-16-18-20-23-26-29-32-35(37)38-6-2/h12,14,34H,5-11,13,15-33H2,1-4H3/b14-12-. The van der Waals surface area contributed by atoms with Gasteiger partial charge in [-0.25, -0.2) is 0 Å². The van der Waals surface area contributed by atoms with E-state index in [1.807, 2.05) is 6.92 Å². The average Bonchev–Trinajstić information content (AvgIpc) is 2.89. The zero-order valence-corrected chi connectivity index (χ0v) is 26.6. The largest absolute Gasteiger partial charge is 0.466 e. The second-order valence-electron chi connectivity index (χ2n) is 12.0. The fraction of sp³-hybridized carbons (Fsp3) is 0.914. The molecule has 0 heterocycles. The first-order chi connectivity index (χ1) is 18.6. The Kier molecular flexibility index (Phi) is 30.0. The van der Waals surface area contributed by atoms with E-state index < -0.39 is 0 Å². The molecule has 3 nitrogen and oxygen atoms in total. The Morgan fingerprint density at radius 3 is 1.47 bits per heavy atom. The van der Waals surface area contributed by atoms with Gasteiger partial charge >= 0.3 is 5.97 Å². The summed E-state index contributed by atoms with van der Waals surface area (Å²) in [5, 5.41) is 0. The van der Waals surface area contributed by atoms with Crippen molar-refractivity contribution in [3.63, 3.8) is 0 Å². The molecule has 0 rings (SSSR count). The lowest BCUT2D eigenvalue weighted by atomic mass is 9.93. The molecule has 0 saturated carbocycles. The van der Waals surface area contributed by atoms with Crippen molar-refractivity contribution in [1.82, 2.24) is 4.90 Å². The maximum absolute atomic E-state index is 11.3. The number of hydrogen-bond donors (Lipinski definition) is 0. The van der Waals surface area contributed by atoms with Gasteiger partial charge < -0.3 is 9.64 Å². The summed E-state index contributed by atoms with van der Waals surface area (Å²) in [4.78, 5) is 13.7. The van der Waals surface area contributed by atoms with Crippen LogP contribution in [-0.2, 0) is 9.53 Å². The number of ether oxygens (including phenoxy) is 1. The SMILES string of the molecule is CCCCCCCCCC(CCCCCCCCCC/C=C\CCCCCCCC(=O)OCC)CN(C)C. The Bertz CT molecular complexity index is 502. The van der Waals surface area contributed by atoms with E-state index in [4.69, 9.17) is 4.74 Å². The normalized spacial score (nSPS) is 12.6. The number of carbonyl (C=O) groups excluding carboxylic acids is 1. The van der Waals surface area contributed by atoms with Crippen LogP contribution in [0, 0.1) is 5.92 Å². The molecule has 1 unspecified atom stereocenters. The van der Waals surface area contributed by atoms with Crippen molar-refractivity contribution in [2.45, 2.75) is 174 Å².